The van der Waals surface area contributed by atoms with Crippen LogP contribution in [0.5, 0.6) is 0 Å². The summed E-state index contributed by atoms with van der Waals surface area (Å²) in [7, 11) is 0. The standard InChI is InChI=1S/C19H24/c1-15(14-19(2,3)4)16-10-12-18(13-11-16)17-8-6-5-7-9-17/h5-13,15H,14H2,1-4H3. The van der Waals surface area contributed by atoms with Crippen LogP contribution in [0.4, 0.5) is 0 Å². The van der Waals surface area contributed by atoms with Gasteiger partial charge in [-0.1, -0.05) is 82.3 Å². The molecule has 0 bridgehead atoms. The van der Waals surface area contributed by atoms with Crippen molar-refractivity contribution in [3.8, 4) is 11.1 Å². The number of rotatable bonds is 3. The Labute approximate surface area is 117 Å². The second-order valence-electron chi connectivity index (χ2n) is 6.65. The van der Waals surface area contributed by atoms with Gasteiger partial charge >= 0.3 is 0 Å². The van der Waals surface area contributed by atoms with Gasteiger partial charge in [0.1, 0.15) is 0 Å². The highest BCUT2D eigenvalue weighted by Crippen LogP contribution is 2.31. The first kappa shape index (κ1) is 13.9. The van der Waals surface area contributed by atoms with Gasteiger partial charge in [-0.15, -0.1) is 0 Å². The summed E-state index contributed by atoms with van der Waals surface area (Å²) in [6.45, 7) is 9.24. The van der Waals surface area contributed by atoms with Gasteiger partial charge in [-0.25, -0.2) is 0 Å². The normalized spacial score (nSPS) is 13.3. The maximum atomic E-state index is 2.32. The molecule has 0 fully saturated rings. The van der Waals surface area contributed by atoms with E-state index in [0.29, 0.717) is 11.3 Å². The van der Waals surface area contributed by atoms with Gasteiger partial charge in [0.2, 0.25) is 0 Å². The van der Waals surface area contributed by atoms with Crippen molar-refractivity contribution in [3.05, 3.63) is 60.2 Å². The van der Waals surface area contributed by atoms with Crippen molar-refractivity contribution in [1.82, 2.24) is 0 Å². The fourth-order valence-corrected chi connectivity index (χ4v) is 2.67. The highest BCUT2D eigenvalue weighted by Gasteiger charge is 2.16. The van der Waals surface area contributed by atoms with E-state index in [2.05, 4.69) is 82.3 Å². The SMILES string of the molecule is CC(CC(C)(C)C)c1ccc(-c2ccccc2)cc1. The van der Waals surface area contributed by atoms with Crippen molar-refractivity contribution >= 4 is 0 Å². The van der Waals surface area contributed by atoms with Gasteiger partial charge in [0.15, 0.2) is 0 Å². The Kier molecular flexibility index (Phi) is 4.09. The van der Waals surface area contributed by atoms with Gasteiger partial charge in [-0.3, -0.25) is 0 Å². The van der Waals surface area contributed by atoms with Crippen LogP contribution in [-0.4, -0.2) is 0 Å². The molecule has 0 radical (unpaired) electrons. The molecule has 0 amide bonds. The molecule has 0 saturated heterocycles. The summed E-state index contributed by atoms with van der Waals surface area (Å²) in [6, 6.07) is 19.6. The number of hydrogen-bond donors (Lipinski definition) is 0. The molecule has 2 aromatic rings. The lowest BCUT2D eigenvalue weighted by Gasteiger charge is -2.23. The zero-order valence-electron chi connectivity index (χ0n) is 12.5. The molecule has 0 aliphatic heterocycles. The third-order valence-corrected chi connectivity index (χ3v) is 3.51. The van der Waals surface area contributed by atoms with Crippen LogP contribution < -0.4 is 0 Å². The summed E-state index contributed by atoms with van der Waals surface area (Å²) in [6.07, 6.45) is 1.22. The minimum absolute atomic E-state index is 0.386. The molecule has 0 heterocycles. The second kappa shape index (κ2) is 5.61. The van der Waals surface area contributed by atoms with Crippen LogP contribution in [0, 0.1) is 5.41 Å². The predicted molar refractivity (Wildman–Crippen MR) is 84.4 cm³/mol. The summed E-state index contributed by atoms with van der Waals surface area (Å²) in [5.74, 6) is 0.616. The van der Waals surface area contributed by atoms with Crippen LogP contribution >= 0.6 is 0 Å². The lowest BCUT2D eigenvalue weighted by atomic mass is 9.82. The largest absolute Gasteiger partial charge is 0.0622 e. The summed E-state index contributed by atoms with van der Waals surface area (Å²) in [4.78, 5) is 0. The van der Waals surface area contributed by atoms with E-state index in [4.69, 9.17) is 0 Å². The maximum absolute atomic E-state index is 2.32. The Hall–Kier alpha value is -1.56. The molecule has 0 aromatic heterocycles. The smallest absolute Gasteiger partial charge is 0.0184 e. The molecule has 1 unspecified atom stereocenters. The first-order chi connectivity index (χ1) is 8.96. The summed E-state index contributed by atoms with van der Waals surface area (Å²) in [5.41, 5.74) is 4.41. The first-order valence-electron chi connectivity index (χ1n) is 7.11. The summed E-state index contributed by atoms with van der Waals surface area (Å²) < 4.78 is 0. The zero-order valence-corrected chi connectivity index (χ0v) is 12.5. The molecular formula is C19H24. The molecule has 2 rings (SSSR count). The number of hydrogen-bond acceptors (Lipinski definition) is 0. The lowest BCUT2D eigenvalue weighted by molar-refractivity contribution is 0.349. The van der Waals surface area contributed by atoms with Gasteiger partial charge in [-0.05, 0) is 34.4 Å². The topological polar surface area (TPSA) is 0 Å². The van der Waals surface area contributed by atoms with Gasteiger partial charge in [0, 0.05) is 0 Å². The fourth-order valence-electron chi connectivity index (χ4n) is 2.67. The molecule has 0 aliphatic carbocycles. The van der Waals surface area contributed by atoms with E-state index in [1.807, 2.05) is 0 Å². The first-order valence-corrected chi connectivity index (χ1v) is 7.11. The van der Waals surface area contributed by atoms with Crippen molar-refractivity contribution in [3.63, 3.8) is 0 Å². The Bertz CT molecular complexity index is 500. The molecule has 0 heteroatoms. The van der Waals surface area contributed by atoms with Crippen LogP contribution in [0.2, 0.25) is 0 Å². The van der Waals surface area contributed by atoms with Gasteiger partial charge in [0.05, 0.1) is 0 Å². The fraction of sp³-hybridized carbons (Fsp3) is 0.368. The third-order valence-electron chi connectivity index (χ3n) is 3.51. The second-order valence-corrected chi connectivity index (χ2v) is 6.65. The van der Waals surface area contributed by atoms with E-state index in [0.717, 1.165) is 0 Å². The van der Waals surface area contributed by atoms with E-state index in [9.17, 15) is 0 Å². The van der Waals surface area contributed by atoms with Crippen molar-refractivity contribution in [2.75, 3.05) is 0 Å². The van der Waals surface area contributed by atoms with Crippen LogP contribution in [0.15, 0.2) is 54.6 Å². The average molecular weight is 252 g/mol. The van der Waals surface area contributed by atoms with Crippen LogP contribution in [-0.2, 0) is 0 Å². The van der Waals surface area contributed by atoms with Crippen molar-refractivity contribution in [1.29, 1.82) is 0 Å². The van der Waals surface area contributed by atoms with Crippen LogP contribution in [0.3, 0.4) is 0 Å². The van der Waals surface area contributed by atoms with Crippen molar-refractivity contribution < 1.29 is 0 Å². The Morgan fingerprint density at radius 1 is 0.789 bits per heavy atom. The van der Waals surface area contributed by atoms with Gasteiger partial charge in [0.25, 0.3) is 0 Å². The minimum Gasteiger partial charge on any atom is -0.0622 e. The predicted octanol–water partition coefficient (Wildman–Crippen LogP) is 5.89. The lowest BCUT2D eigenvalue weighted by Crippen LogP contribution is -2.09. The molecule has 1 atom stereocenters. The summed E-state index contributed by atoms with van der Waals surface area (Å²) >= 11 is 0. The molecule has 0 nitrogen and oxygen atoms in total. The quantitative estimate of drug-likeness (QED) is 0.638. The molecule has 0 saturated carbocycles. The molecule has 0 spiro atoms. The van der Waals surface area contributed by atoms with Crippen LogP contribution in [0.1, 0.15) is 45.6 Å². The van der Waals surface area contributed by atoms with E-state index in [1.165, 1.54) is 23.1 Å². The van der Waals surface area contributed by atoms with Crippen LogP contribution in [0.25, 0.3) is 11.1 Å². The maximum Gasteiger partial charge on any atom is -0.0184 e. The monoisotopic (exact) mass is 252 g/mol. The van der Waals surface area contributed by atoms with E-state index in [1.54, 1.807) is 0 Å². The third kappa shape index (κ3) is 3.96. The summed E-state index contributed by atoms with van der Waals surface area (Å²) in [5, 5.41) is 0. The molecule has 2 aromatic carbocycles. The Morgan fingerprint density at radius 3 is 1.84 bits per heavy atom. The molecule has 100 valence electrons. The minimum atomic E-state index is 0.386. The molecule has 0 aliphatic rings. The highest BCUT2D eigenvalue weighted by atomic mass is 14.2. The molecular weight excluding hydrogens is 228 g/mol. The van der Waals surface area contributed by atoms with E-state index < -0.39 is 0 Å². The van der Waals surface area contributed by atoms with Gasteiger partial charge < -0.3 is 0 Å². The van der Waals surface area contributed by atoms with Crippen molar-refractivity contribution in [2.45, 2.75) is 40.0 Å². The van der Waals surface area contributed by atoms with Crippen molar-refractivity contribution in [2.24, 2.45) is 5.41 Å². The van der Waals surface area contributed by atoms with Gasteiger partial charge in [-0.2, -0.15) is 0 Å². The van der Waals surface area contributed by atoms with E-state index in [-0.39, 0.29) is 0 Å². The zero-order chi connectivity index (χ0) is 13.9. The van der Waals surface area contributed by atoms with E-state index >= 15 is 0 Å². The number of benzene rings is 2. The molecule has 19 heavy (non-hydrogen) atoms. The highest BCUT2D eigenvalue weighted by molar-refractivity contribution is 5.63. The average Bonchev–Trinajstić information content (AvgIpc) is 2.38. The Morgan fingerprint density at radius 2 is 1.32 bits per heavy atom. The Balaban J connectivity index is 2.15. The molecule has 0 N–H and O–H groups in total.